The lowest BCUT2D eigenvalue weighted by molar-refractivity contribution is -0.117. The summed E-state index contributed by atoms with van der Waals surface area (Å²) < 4.78 is 1.41. The van der Waals surface area contributed by atoms with Crippen LogP contribution in [0.2, 0.25) is 0 Å². The number of aromatic nitrogens is 4. The molecule has 0 aliphatic carbocycles. The number of hydrogen-bond donors (Lipinski definition) is 2. The minimum Gasteiger partial charge on any atom is -0.341 e. The molecule has 0 unspecified atom stereocenters. The van der Waals surface area contributed by atoms with Gasteiger partial charge in [0.25, 0.3) is 5.56 Å². The first-order valence-corrected chi connectivity index (χ1v) is 10.5. The minimum atomic E-state index is -0.536. The highest BCUT2D eigenvalue weighted by molar-refractivity contribution is 5.99. The van der Waals surface area contributed by atoms with Gasteiger partial charge in [-0.1, -0.05) is 39.0 Å². The Morgan fingerprint density at radius 1 is 1.16 bits per heavy atom. The molecule has 0 saturated carbocycles. The molecule has 1 atom stereocenters. The van der Waals surface area contributed by atoms with Crippen molar-refractivity contribution in [2.24, 2.45) is 0 Å². The van der Waals surface area contributed by atoms with Gasteiger partial charge in [-0.15, -0.1) is 0 Å². The van der Waals surface area contributed by atoms with Crippen LogP contribution in [0.4, 0.5) is 5.69 Å². The van der Waals surface area contributed by atoms with E-state index >= 15 is 0 Å². The molecule has 2 N–H and O–H groups in total. The Bertz CT molecular complexity index is 1340. The van der Waals surface area contributed by atoms with Crippen LogP contribution in [0.25, 0.3) is 21.8 Å². The fourth-order valence-corrected chi connectivity index (χ4v) is 3.61. The minimum absolute atomic E-state index is 0.0912. The molecule has 160 valence electrons. The van der Waals surface area contributed by atoms with Crippen LogP contribution >= 0.6 is 0 Å². The highest BCUT2D eigenvalue weighted by Crippen LogP contribution is 2.26. The number of aryl methyl sites for hydroxylation is 1. The molecule has 0 spiro atoms. The summed E-state index contributed by atoms with van der Waals surface area (Å²) in [6.07, 6.45) is 0. The summed E-state index contributed by atoms with van der Waals surface area (Å²) in [6, 6.07) is 12.9. The van der Waals surface area contributed by atoms with Gasteiger partial charge < -0.3 is 10.3 Å². The van der Waals surface area contributed by atoms with Gasteiger partial charge in [0.15, 0.2) is 0 Å². The van der Waals surface area contributed by atoms with Crippen LogP contribution < -0.4 is 10.9 Å². The Labute approximate surface area is 180 Å². The fraction of sp³-hybridized carbons (Fsp3) is 0.333. The third-order valence-corrected chi connectivity index (χ3v) is 5.46. The summed E-state index contributed by atoms with van der Waals surface area (Å²) in [7, 11) is 0. The first-order valence-electron chi connectivity index (χ1n) is 10.5. The van der Waals surface area contributed by atoms with Crippen LogP contribution in [0.1, 0.15) is 52.1 Å². The van der Waals surface area contributed by atoms with Crippen molar-refractivity contribution in [3.05, 3.63) is 64.3 Å². The van der Waals surface area contributed by atoms with E-state index in [9.17, 15) is 9.59 Å². The first-order chi connectivity index (χ1) is 14.7. The molecule has 0 saturated heterocycles. The number of benzene rings is 2. The van der Waals surface area contributed by atoms with Gasteiger partial charge >= 0.3 is 0 Å². The van der Waals surface area contributed by atoms with Crippen molar-refractivity contribution in [2.45, 2.75) is 52.5 Å². The Hall–Kier alpha value is -3.48. The second-order valence-electron chi connectivity index (χ2n) is 8.83. The van der Waals surface area contributed by atoms with E-state index in [-0.39, 0.29) is 16.9 Å². The maximum atomic E-state index is 13.1. The van der Waals surface area contributed by atoms with E-state index in [1.54, 1.807) is 13.0 Å². The normalized spacial score (nSPS) is 12.9. The maximum absolute atomic E-state index is 13.1. The van der Waals surface area contributed by atoms with Gasteiger partial charge in [-0.25, -0.2) is 9.67 Å². The van der Waals surface area contributed by atoms with Crippen LogP contribution in [-0.4, -0.2) is 25.7 Å². The zero-order valence-corrected chi connectivity index (χ0v) is 18.5. The summed E-state index contributed by atoms with van der Waals surface area (Å²) in [5.74, 6) is 0.177. The van der Waals surface area contributed by atoms with Crippen molar-refractivity contribution >= 4 is 33.4 Å². The average molecular weight is 418 g/mol. The standard InChI is InChI=1S/C24H27N5O2/c1-6-29-22(31)17-10-8-7-9-16(17)20(28-29)14(2)21(30)25-15-11-12-18-19(13-15)27-23(26-18)24(3,4)5/h7-14H,6H2,1-5H3,(H,25,30)(H,26,27)/t14-/m0/s1. The van der Waals surface area contributed by atoms with Crippen LogP contribution in [0.15, 0.2) is 47.3 Å². The van der Waals surface area contributed by atoms with E-state index in [1.807, 2.05) is 43.3 Å². The molecule has 0 radical (unpaired) electrons. The van der Waals surface area contributed by atoms with E-state index in [1.165, 1.54) is 4.68 Å². The number of imidazole rings is 1. The smallest absolute Gasteiger partial charge is 0.274 e. The molecule has 4 rings (SSSR count). The predicted octanol–water partition coefficient (Wildman–Crippen LogP) is 4.33. The number of amides is 1. The van der Waals surface area contributed by atoms with Gasteiger partial charge in [0.2, 0.25) is 5.91 Å². The van der Waals surface area contributed by atoms with Crippen molar-refractivity contribution in [2.75, 3.05) is 5.32 Å². The lowest BCUT2D eigenvalue weighted by atomic mass is 9.96. The molecular formula is C24H27N5O2. The number of fused-ring (bicyclic) bond motifs is 2. The number of anilines is 1. The molecule has 4 aromatic rings. The number of nitrogens with one attached hydrogen (secondary N) is 2. The Kier molecular flexibility index (Phi) is 5.13. The fourth-order valence-electron chi connectivity index (χ4n) is 3.61. The van der Waals surface area contributed by atoms with Crippen molar-refractivity contribution in [1.82, 2.24) is 19.7 Å². The van der Waals surface area contributed by atoms with Gasteiger partial charge in [0.1, 0.15) is 5.82 Å². The van der Waals surface area contributed by atoms with Crippen molar-refractivity contribution in [1.29, 1.82) is 0 Å². The third kappa shape index (κ3) is 3.83. The number of H-pyrrole nitrogens is 1. The number of aromatic amines is 1. The number of carbonyl (C=O) groups is 1. The molecule has 7 nitrogen and oxygen atoms in total. The van der Waals surface area contributed by atoms with Crippen molar-refractivity contribution < 1.29 is 4.79 Å². The quantitative estimate of drug-likeness (QED) is 0.517. The van der Waals surface area contributed by atoms with Crippen LogP contribution in [-0.2, 0) is 16.8 Å². The maximum Gasteiger partial charge on any atom is 0.274 e. The third-order valence-electron chi connectivity index (χ3n) is 5.46. The van der Waals surface area contributed by atoms with Gasteiger partial charge in [0.05, 0.1) is 28.0 Å². The average Bonchev–Trinajstić information content (AvgIpc) is 3.18. The molecule has 0 aliphatic heterocycles. The van der Waals surface area contributed by atoms with Crippen LogP contribution in [0, 0.1) is 0 Å². The van der Waals surface area contributed by atoms with E-state index in [0.717, 1.165) is 16.9 Å². The largest absolute Gasteiger partial charge is 0.341 e. The van der Waals surface area contributed by atoms with E-state index < -0.39 is 5.92 Å². The Morgan fingerprint density at radius 3 is 2.55 bits per heavy atom. The summed E-state index contributed by atoms with van der Waals surface area (Å²) in [4.78, 5) is 33.6. The lowest BCUT2D eigenvalue weighted by Crippen LogP contribution is -2.27. The van der Waals surface area contributed by atoms with E-state index in [2.05, 4.69) is 41.2 Å². The van der Waals surface area contributed by atoms with E-state index in [4.69, 9.17) is 0 Å². The zero-order valence-electron chi connectivity index (χ0n) is 18.5. The molecule has 0 bridgehead atoms. The summed E-state index contributed by atoms with van der Waals surface area (Å²) >= 11 is 0. The van der Waals surface area contributed by atoms with E-state index in [0.29, 0.717) is 28.7 Å². The highest BCUT2D eigenvalue weighted by Gasteiger charge is 2.22. The number of carbonyl (C=O) groups excluding carboxylic acids is 1. The first kappa shape index (κ1) is 20.8. The van der Waals surface area contributed by atoms with Crippen LogP contribution in [0.3, 0.4) is 0 Å². The number of rotatable bonds is 4. The highest BCUT2D eigenvalue weighted by atomic mass is 16.2. The molecule has 1 amide bonds. The second kappa shape index (κ2) is 7.65. The molecule has 2 aromatic heterocycles. The monoisotopic (exact) mass is 417 g/mol. The molecule has 2 heterocycles. The van der Waals surface area contributed by atoms with Gasteiger partial charge in [-0.2, -0.15) is 5.10 Å². The lowest BCUT2D eigenvalue weighted by Gasteiger charge is -2.15. The Morgan fingerprint density at radius 2 is 1.87 bits per heavy atom. The summed E-state index contributed by atoms with van der Waals surface area (Å²) in [6.45, 7) is 10.4. The number of nitrogens with zero attached hydrogens (tertiary/aromatic N) is 3. The van der Waals surface area contributed by atoms with Gasteiger partial charge in [0, 0.05) is 23.0 Å². The molecule has 7 heteroatoms. The second-order valence-corrected chi connectivity index (χ2v) is 8.83. The topological polar surface area (TPSA) is 92.7 Å². The molecular weight excluding hydrogens is 390 g/mol. The zero-order chi connectivity index (χ0) is 22.3. The summed E-state index contributed by atoms with van der Waals surface area (Å²) in [5.41, 5.74) is 2.77. The molecule has 31 heavy (non-hydrogen) atoms. The molecule has 0 fully saturated rings. The van der Waals surface area contributed by atoms with Crippen molar-refractivity contribution in [3.63, 3.8) is 0 Å². The van der Waals surface area contributed by atoms with Gasteiger partial charge in [-0.3, -0.25) is 9.59 Å². The Balaban J connectivity index is 1.66. The number of hydrogen-bond acceptors (Lipinski definition) is 4. The predicted molar refractivity (Wildman–Crippen MR) is 124 cm³/mol. The SMILES string of the molecule is CCn1nc([C@H](C)C(=O)Nc2ccc3nc(C(C)(C)C)[nH]c3c2)c2ccccc2c1=O. The van der Waals surface area contributed by atoms with Gasteiger partial charge in [-0.05, 0) is 38.1 Å². The van der Waals surface area contributed by atoms with Crippen molar-refractivity contribution in [3.8, 4) is 0 Å². The molecule has 0 aliphatic rings. The summed E-state index contributed by atoms with van der Waals surface area (Å²) in [5, 5.41) is 8.75. The van der Waals surface area contributed by atoms with Crippen LogP contribution in [0.5, 0.6) is 0 Å². The molecule has 2 aromatic carbocycles.